The van der Waals surface area contributed by atoms with Crippen LogP contribution in [0.25, 0.3) is 0 Å². The molecule has 0 aliphatic heterocycles. The molecule has 3 heteroatoms. The predicted octanol–water partition coefficient (Wildman–Crippen LogP) is 2.35. The van der Waals surface area contributed by atoms with Crippen molar-refractivity contribution in [2.24, 2.45) is 0 Å². The molecule has 17 heavy (non-hydrogen) atoms. The quantitative estimate of drug-likeness (QED) is 0.863. The van der Waals surface area contributed by atoms with Crippen LogP contribution in [-0.2, 0) is 4.79 Å². The Bertz CT molecular complexity index is 416. The third-order valence-corrected chi connectivity index (χ3v) is 3.23. The zero-order valence-electron chi connectivity index (χ0n) is 9.73. The van der Waals surface area contributed by atoms with Gasteiger partial charge in [-0.25, -0.2) is 0 Å². The van der Waals surface area contributed by atoms with Crippen LogP contribution in [0.5, 0.6) is 0 Å². The van der Waals surface area contributed by atoms with Crippen LogP contribution >= 0.6 is 0 Å². The van der Waals surface area contributed by atoms with Gasteiger partial charge in [0.05, 0.1) is 6.07 Å². The fourth-order valence-electron chi connectivity index (χ4n) is 2.28. The van der Waals surface area contributed by atoms with Crippen LogP contribution in [0.1, 0.15) is 37.2 Å². The number of carbonyl (C=O) groups is 1. The fraction of sp³-hybridized carbons (Fsp3) is 0.429. The first-order valence-electron chi connectivity index (χ1n) is 6.06. The Balaban J connectivity index is 2.03. The van der Waals surface area contributed by atoms with Gasteiger partial charge in [-0.2, -0.15) is 5.26 Å². The summed E-state index contributed by atoms with van der Waals surface area (Å²) in [6, 6.07) is 11.6. The zero-order valence-corrected chi connectivity index (χ0v) is 9.73. The number of nitrogens with zero attached hydrogens (tertiary/aromatic N) is 1. The standard InChI is InChI=1S/C14H16N2O/c15-10-13(11-6-2-1-3-7-11)14(17)16-12-8-4-5-9-12/h1-3,6-7,12-13H,4-5,8-9H2,(H,16,17). The van der Waals surface area contributed by atoms with Gasteiger partial charge in [0.2, 0.25) is 5.91 Å². The second kappa shape index (κ2) is 5.49. The molecule has 1 amide bonds. The Morgan fingerprint density at radius 3 is 2.53 bits per heavy atom. The van der Waals surface area contributed by atoms with Gasteiger partial charge in [-0.15, -0.1) is 0 Å². The van der Waals surface area contributed by atoms with E-state index in [4.69, 9.17) is 5.26 Å². The minimum Gasteiger partial charge on any atom is -0.352 e. The Morgan fingerprint density at radius 1 is 1.29 bits per heavy atom. The molecule has 0 spiro atoms. The Hall–Kier alpha value is -1.82. The molecule has 0 heterocycles. The van der Waals surface area contributed by atoms with Crippen molar-refractivity contribution >= 4 is 5.91 Å². The summed E-state index contributed by atoms with van der Waals surface area (Å²) in [5.74, 6) is -0.845. The topological polar surface area (TPSA) is 52.9 Å². The highest BCUT2D eigenvalue weighted by Gasteiger charge is 2.24. The lowest BCUT2D eigenvalue weighted by molar-refractivity contribution is -0.122. The van der Waals surface area contributed by atoms with Crippen LogP contribution in [-0.4, -0.2) is 11.9 Å². The molecule has 0 bridgehead atoms. The number of hydrogen-bond acceptors (Lipinski definition) is 2. The average molecular weight is 228 g/mol. The van der Waals surface area contributed by atoms with E-state index in [1.54, 1.807) is 0 Å². The van der Waals surface area contributed by atoms with Crippen molar-refractivity contribution in [1.82, 2.24) is 5.32 Å². The summed E-state index contributed by atoms with van der Waals surface area (Å²) in [6.07, 6.45) is 4.43. The van der Waals surface area contributed by atoms with E-state index in [0.29, 0.717) is 0 Å². The normalized spacial score (nSPS) is 17.4. The molecule has 1 fully saturated rings. The highest BCUT2D eigenvalue weighted by atomic mass is 16.1. The van der Waals surface area contributed by atoms with Crippen molar-refractivity contribution in [2.75, 3.05) is 0 Å². The van der Waals surface area contributed by atoms with Crippen molar-refractivity contribution in [3.05, 3.63) is 35.9 Å². The summed E-state index contributed by atoms with van der Waals surface area (Å²) in [7, 11) is 0. The molecule has 1 atom stereocenters. The number of benzene rings is 1. The second-order valence-corrected chi connectivity index (χ2v) is 4.46. The molecule has 1 aromatic carbocycles. The van der Waals surface area contributed by atoms with Crippen LogP contribution in [0, 0.1) is 11.3 Å². The largest absolute Gasteiger partial charge is 0.352 e. The number of rotatable bonds is 3. The van der Waals surface area contributed by atoms with E-state index in [9.17, 15) is 4.79 Å². The van der Waals surface area contributed by atoms with Crippen LogP contribution in [0.3, 0.4) is 0 Å². The van der Waals surface area contributed by atoms with E-state index in [0.717, 1.165) is 18.4 Å². The van der Waals surface area contributed by atoms with Gasteiger partial charge in [-0.05, 0) is 18.4 Å². The van der Waals surface area contributed by atoms with E-state index in [1.807, 2.05) is 30.3 Å². The van der Waals surface area contributed by atoms with E-state index in [-0.39, 0.29) is 11.9 Å². The molecule has 3 nitrogen and oxygen atoms in total. The van der Waals surface area contributed by atoms with Crippen molar-refractivity contribution in [1.29, 1.82) is 5.26 Å². The van der Waals surface area contributed by atoms with Gasteiger partial charge >= 0.3 is 0 Å². The summed E-state index contributed by atoms with van der Waals surface area (Å²) in [5.41, 5.74) is 0.769. The summed E-state index contributed by atoms with van der Waals surface area (Å²) < 4.78 is 0. The average Bonchev–Trinajstić information content (AvgIpc) is 2.84. The molecule has 0 radical (unpaired) electrons. The number of hydrogen-bond donors (Lipinski definition) is 1. The molecule has 88 valence electrons. The minimum atomic E-state index is -0.684. The van der Waals surface area contributed by atoms with Crippen molar-refractivity contribution < 1.29 is 4.79 Å². The minimum absolute atomic E-state index is 0.161. The fourth-order valence-corrected chi connectivity index (χ4v) is 2.28. The number of amides is 1. The Labute approximate surface area is 101 Å². The first kappa shape index (κ1) is 11.7. The van der Waals surface area contributed by atoms with Crippen molar-refractivity contribution in [3.8, 4) is 6.07 Å². The second-order valence-electron chi connectivity index (χ2n) is 4.46. The number of nitrogens with one attached hydrogen (secondary N) is 1. The van der Waals surface area contributed by atoms with E-state index in [2.05, 4.69) is 11.4 Å². The van der Waals surface area contributed by atoms with Crippen LogP contribution in [0.4, 0.5) is 0 Å². The van der Waals surface area contributed by atoms with Gasteiger partial charge in [0.1, 0.15) is 5.92 Å². The maximum atomic E-state index is 12.0. The third kappa shape index (κ3) is 2.85. The SMILES string of the molecule is N#CC(C(=O)NC1CCCC1)c1ccccc1. The maximum absolute atomic E-state index is 12.0. The molecule has 0 aromatic heterocycles. The highest BCUT2D eigenvalue weighted by Crippen LogP contribution is 2.20. The Morgan fingerprint density at radius 2 is 1.94 bits per heavy atom. The summed E-state index contributed by atoms with van der Waals surface area (Å²) in [5, 5.41) is 12.1. The first-order valence-corrected chi connectivity index (χ1v) is 6.06. The van der Waals surface area contributed by atoms with Crippen molar-refractivity contribution in [3.63, 3.8) is 0 Å². The van der Waals surface area contributed by atoms with E-state index < -0.39 is 5.92 Å². The monoisotopic (exact) mass is 228 g/mol. The lowest BCUT2D eigenvalue weighted by atomic mass is 9.99. The number of nitriles is 1. The molecule has 1 N–H and O–H groups in total. The molecule has 1 saturated carbocycles. The molecule has 2 rings (SSSR count). The molecule has 1 aliphatic rings. The van der Waals surface area contributed by atoms with Gasteiger partial charge in [0, 0.05) is 6.04 Å². The maximum Gasteiger partial charge on any atom is 0.242 e. The van der Waals surface area contributed by atoms with E-state index in [1.165, 1.54) is 12.8 Å². The predicted molar refractivity (Wildman–Crippen MR) is 65.2 cm³/mol. The smallest absolute Gasteiger partial charge is 0.242 e. The van der Waals surface area contributed by atoms with Crippen LogP contribution in [0.15, 0.2) is 30.3 Å². The summed E-state index contributed by atoms with van der Waals surface area (Å²) in [6.45, 7) is 0. The van der Waals surface area contributed by atoms with Gasteiger partial charge in [-0.1, -0.05) is 43.2 Å². The molecule has 1 unspecified atom stereocenters. The van der Waals surface area contributed by atoms with Gasteiger partial charge in [0.25, 0.3) is 0 Å². The van der Waals surface area contributed by atoms with Crippen LogP contribution in [0.2, 0.25) is 0 Å². The van der Waals surface area contributed by atoms with Gasteiger partial charge in [0.15, 0.2) is 0 Å². The molecular formula is C14H16N2O. The molecule has 1 aliphatic carbocycles. The lowest BCUT2D eigenvalue weighted by Crippen LogP contribution is -2.36. The van der Waals surface area contributed by atoms with Crippen LogP contribution < -0.4 is 5.32 Å². The van der Waals surface area contributed by atoms with Gasteiger partial charge in [-0.3, -0.25) is 4.79 Å². The molecule has 0 saturated heterocycles. The van der Waals surface area contributed by atoms with Crippen molar-refractivity contribution in [2.45, 2.75) is 37.6 Å². The Kier molecular flexibility index (Phi) is 3.77. The zero-order chi connectivity index (χ0) is 12.1. The van der Waals surface area contributed by atoms with Gasteiger partial charge < -0.3 is 5.32 Å². The third-order valence-electron chi connectivity index (χ3n) is 3.23. The highest BCUT2D eigenvalue weighted by molar-refractivity contribution is 5.86. The van der Waals surface area contributed by atoms with E-state index >= 15 is 0 Å². The number of carbonyl (C=O) groups excluding carboxylic acids is 1. The first-order chi connectivity index (χ1) is 8.31. The summed E-state index contributed by atoms with van der Waals surface area (Å²) >= 11 is 0. The molecular weight excluding hydrogens is 212 g/mol. The summed E-state index contributed by atoms with van der Waals surface area (Å²) in [4.78, 5) is 12.0. The lowest BCUT2D eigenvalue weighted by Gasteiger charge is -2.15. The molecule has 1 aromatic rings.